The molecule has 112 valence electrons. The molecule has 1 amide bonds. The van der Waals surface area contributed by atoms with Crippen LogP contribution in [-0.4, -0.2) is 5.91 Å². The van der Waals surface area contributed by atoms with E-state index >= 15 is 0 Å². The lowest BCUT2D eigenvalue weighted by atomic mass is 10.1. The van der Waals surface area contributed by atoms with Gasteiger partial charge in [0, 0.05) is 10.9 Å². The number of carbonyl (C=O) groups excluding carboxylic acids is 1. The molecule has 1 atom stereocenters. The molecule has 22 heavy (non-hydrogen) atoms. The molecule has 0 unspecified atom stereocenters. The Labute approximate surface area is 125 Å². The number of amides is 1. The summed E-state index contributed by atoms with van der Waals surface area (Å²) in [7, 11) is 0. The topological polar surface area (TPSA) is 42.2 Å². The quantitative estimate of drug-likeness (QED) is 0.787. The van der Waals surface area contributed by atoms with Crippen LogP contribution in [0.15, 0.2) is 52.9 Å². The third-order valence-electron chi connectivity index (χ3n) is 3.40. The second-order valence-corrected chi connectivity index (χ2v) is 5.01. The molecule has 3 rings (SSSR count). The van der Waals surface area contributed by atoms with Crippen LogP contribution < -0.4 is 5.32 Å². The fourth-order valence-electron chi connectivity index (χ4n) is 2.20. The SMILES string of the molecule is C[C@H](NC(=O)c1ccc(F)c(F)c1)c1cc2ccccc2o1. The summed E-state index contributed by atoms with van der Waals surface area (Å²) in [6.07, 6.45) is 0. The highest BCUT2D eigenvalue weighted by Crippen LogP contribution is 2.23. The number of hydrogen-bond acceptors (Lipinski definition) is 2. The highest BCUT2D eigenvalue weighted by molar-refractivity contribution is 5.94. The summed E-state index contributed by atoms with van der Waals surface area (Å²) >= 11 is 0. The maximum Gasteiger partial charge on any atom is 0.251 e. The van der Waals surface area contributed by atoms with Gasteiger partial charge < -0.3 is 9.73 Å². The van der Waals surface area contributed by atoms with Crippen molar-refractivity contribution in [3.8, 4) is 0 Å². The molecule has 0 aliphatic rings. The van der Waals surface area contributed by atoms with E-state index in [1.54, 1.807) is 6.92 Å². The van der Waals surface area contributed by atoms with Crippen molar-refractivity contribution in [2.45, 2.75) is 13.0 Å². The van der Waals surface area contributed by atoms with Crippen molar-refractivity contribution in [1.82, 2.24) is 5.32 Å². The van der Waals surface area contributed by atoms with Gasteiger partial charge >= 0.3 is 0 Å². The Balaban J connectivity index is 1.79. The Kier molecular flexibility index (Phi) is 3.63. The molecule has 1 aromatic heterocycles. The van der Waals surface area contributed by atoms with E-state index in [0.717, 1.165) is 23.1 Å². The lowest BCUT2D eigenvalue weighted by molar-refractivity contribution is 0.0935. The van der Waals surface area contributed by atoms with Crippen LogP contribution >= 0.6 is 0 Å². The van der Waals surface area contributed by atoms with E-state index in [4.69, 9.17) is 4.42 Å². The zero-order chi connectivity index (χ0) is 15.7. The molecule has 1 N–H and O–H groups in total. The van der Waals surface area contributed by atoms with E-state index in [2.05, 4.69) is 5.32 Å². The number of rotatable bonds is 3. The maximum absolute atomic E-state index is 13.2. The van der Waals surface area contributed by atoms with Crippen LogP contribution in [0.5, 0.6) is 0 Å². The van der Waals surface area contributed by atoms with Crippen LogP contribution in [-0.2, 0) is 0 Å². The molecule has 0 bridgehead atoms. The molecule has 0 saturated heterocycles. The number of fused-ring (bicyclic) bond motifs is 1. The van der Waals surface area contributed by atoms with E-state index in [1.165, 1.54) is 6.07 Å². The molecule has 0 radical (unpaired) electrons. The summed E-state index contributed by atoms with van der Waals surface area (Å²) in [5, 5.41) is 3.63. The zero-order valence-corrected chi connectivity index (χ0v) is 11.8. The number of hydrogen-bond donors (Lipinski definition) is 1. The van der Waals surface area contributed by atoms with Crippen LogP contribution in [0, 0.1) is 11.6 Å². The van der Waals surface area contributed by atoms with Gasteiger partial charge in [-0.3, -0.25) is 4.79 Å². The van der Waals surface area contributed by atoms with Crippen LogP contribution in [0.2, 0.25) is 0 Å². The summed E-state index contributed by atoms with van der Waals surface area (Å²) in [4.78, 5) is 12.1. The fraction of sp³-hybridized carbons (Fsp3) is 0.118. The first-order chi connectivity index (χ1) is 10.5. The lowest BCUT2D eigenvalue weighted by Crippen LogP contribution is -2.26. The van der Waals surface area contributed by atoms with E-state index in [9.17, 15) is 13.6 Å². The normalized spacial score (nSPS) is 12.3. The molecular formula is C17H13F2NO2. The Morgan fingerprint density at radius 1 is 1.09 bits per heavy atom. The molecule has 0 aliphatic carbocycles. The third-order valence-corrected chi connectivity index (χ3v) is 3.40. The van der Waals surface area contributed by atoms with Crippen molar-refractivity contribution >= 4 is 16.9 Å². The van der Waals surface area contributed by atoms with Gasteiger partial charge in [0.15, 0.2) is 11.6 Å². The molecule has 1 heterocycles. The van der Waals surface area contributed by atoms with Crippen molar-refractivity contribution in [2.24, 2.45) is 0 Å². The first-order valence-corrected chi connectivity index (χ1v) is 6.79. The van der Waals surface area contributed by atoms with Gasteiger partial charge in [-0.25, -0.2) is 8.78 Å². The summed E-state index contributed by atoms with van der Waals surface area (Å²) in [5.74, 6) is -1.94. The molecule has 3 aromatic rings. The highest BCUT2D eigenvalue weighted by Gasteiger charge is 2.16. The van der Waals surface area contributed by atoms with Crippen LogP contribution in [0.25, 0.3) is 11.0 Å². The number of benzene rings is 2. The summed E-state index contributed by atoms with van der Waals surface area (Å²) < 4.78 is 31.7. The number of nitrogens with one attached hydrogen (secondary N) is 1. The van der Waals surface area contributed by atoms with Crippen LogP contribution in [0.1, 0.15) is 29.1 Å². The molecule has 0 fully saturated rings. The largest absolute Gasteiger partial charge is 0.459 e. The summed E-state index contributed by atoms with van der Waals surface area (Å²) in [6, 6.07) is 12.0. The van der Waals surface area contributed by atoms with Gasteiger partial charge in [0.25, 0.3) is 5.91 Å². The van der Waals surface area contributed by atoms with Gasteiger partial charge in [0.05, 0.1) is 6.04 Å². The zero-order valence-electron chi connectivity index (χ0n) is 11.8. The monoisotopic (exact) mass is 301 g/mol. The predicted octanol–water partition coefficient (Wildman–Crippen LogP) is 4.20. The Bertz CT molecular complexity index is 809. The minimum Gasteiger partial charge on any atom is -0.459 e. The molecule has 3 nitrogen and oxygen atoms in total. The van der Waals surface area contributed by atoms with Gasteiger partial charge in [0.2, 0.25) is 0 Å². The molecule has 0 saturated carbocycles. The number of para-hydroxylation sites is 1. The maximum atomic E-state index is 13.2. The van der Waals surface area contributed by atoms with Crippen molar-refractivity contribution in [3.05, 3.63) is 71.5 Å². The van der Waals surface area contributed by atoms with Crippen molar-refractivity contribution in [1.29, 1.82) is 0 Å². The van der Waals surface area contributed by atoms with Crippen molar-refractivity contribution in [3.63, 3.8) is 0 Å². The van der Waals surface area contributed by atoms with Gasteiger partial charge in [-0.05, 0) is 37.3 Å². The van der Waals surface area contributed by atoms with Gasteiger partial charge in [-0.15, -0.1) is 0 Å². The van der Waals surface area contributed by atoms with E-state index in [0.29, 0.717) is 5.76 Å². The second kappa shape index (κ2) is 5.60. The molecule has 0 spiro atoms. The molecule has 0 aliphatic heterocycles. The van der Waals surface area contributed by atoms with Crippen molar-refractivity contribution in [2.75, 3.05) is 0 Å². The van der Waals surface area contributed by atoms with E-state index < -0.39 is 23.6 Å². The second-order valence-electron chi connectivity index (χ2n) is 5.01. The van der Waals surface area contributed by atoms with Gasteiger partial charge in [-0.1, -0.05) is 18.2 Å². The average molecular weight is 301 g/mol. The number of carbonyl (C=O) groups is 1. The van der Waals surface area contributed by atoms with E-state index in [-0.39, 0.29) is 5.56 Å². The van der Waals surface area contributed by atoms with E-state index in [1.807, 2.05) is 30.3 Å². The summed E-state index contributed by atoms with van der Waals surface area (Å²) in [6.45, 7) is 1.76. The lowest BCUT2D eigenvalue weighted by Gasteiger charge is -2.11. The standard InChI is InChI=1S/C17H13F2NO2/c1-10(16-9-11-4-2-3-5-15(11)22-16)20-17(21)12-6-7-13(18)14(19)8-12/h2-10H,1H3,(H,20,21)/t10-/m0/s1. The predicted molar refractivity (Wildman–Crippen MR) is 78.5 cm³/mol. The Morgan fingerprint density at radius 2 is 1.86 bits per heavy atom. The molecule has 2 aromatic carbocycles. The Morgan fingerprint density at radius 3 is 2.59 bits per heavy atom. The minimum atomic E-state index is -1.05. The first kappa shape index (κ1) is 14.3. The molecular weight excluding hydrogens is 288 g/mol. The minimum absolute atomic E-state index is 0.0573. The average Bonchev–Trinajstić information content (AvgIpc) is 2.94. The van der Waals surface area contributed by atoms with Crippen LogP contribution in [0.4, 0.5) is 8.78 Å². The van der Waals surface area contributed by atoms with Gasteiger partial charge in [-0.2, -0.15) is 0 Å². The highest BCUT2D eigenvalue weighted by atomic mass is 19.2. The summed E-state index contributed by atoms with van der Waals surface area (Å²) in [5.41, 5.74) is 0.785. The molecule has 5 heteroatoms. The Hall–Kier alpha value is -2.69. The number of furan rings is 1. The van der Waals surface area contributed by atoms with Crippen LogP contribution in [0.3, 0.4) is 0 Å². The number of halogens is 2. The van der Waals surface area contributed by atoms with Crippen molar-refractivity contribution < 1.29 is 18.0 Å². The van der Waals surface area contributed by atoms with Gasteiger partial charge in [0.1, 0.15) is 11.3 Å². The smallest absolute Gasteiger partial charge is 0.251 e. The first-order valence-electron chi connectivity index (χ1n) is 6.79. The fourth-order valence-corrected chi connectivity index (χ4v) is 2.20. The third kappa shape index (κ3) is 2.70.